The summed E-state index contributed by atoms with van der Waals surface area (Å²) in [7, 11) is -3.82. The summed E-state index contributed by atoms with van der Waals surface area (Å²) in [5.74, 6) is -0.535. The van der Waals surface area contributed by atoms with Gasteiger partial charge in [0.05, 0.1) is 29.3 Å². The number of nitrogens with one attached hydrogen (secondary N) is 1. The zero-order valence-electron chi connectivity index (χ0n) is 18.1. The molecule has 1 N–H and O–H groups in total. The van der Waals surface area contributed by atoms with E-state index in [0.717, 1.165) is 6.26 Å². The fraction of sp³-hybridized carbons (Fsp3) is 0.227. The van der Waals surface area contributed by atoms with Crippen LogP contribution in [0.1, 0.15) is 41.7 Å². The molecule has 1 aromatic carbocycles. The van der Waals surface area contributed by atoms with Crippen LogP contribution in [-0.4, -0.2) is 35.3 Å². The fourth-order valence-electron chi connectivity index (χ4n) is 3.27. The molecule has 0 aliphatic heterocycles. The topological polar surface area (TPSA) is 116 Å². The van der Waals surface area contributed by atoms with Crippen molar-refractivity contribution in [3.8, 4) is 11.4 Å². The van der Waals surface area contributed by atoms with Crippen LogP contribution in [-0.2, 0) is 16.6 Å². The first-order chi connectivity index (χ1) is 15.6. The van der Waals surface area contributed by atoms with E-state index in [1.165, 1.54) is 41.3 Å². The van der Waals surface area contributed by atoms with E-state index in [2.05, 4.69) is 10.1 Å². The molecule has 0 saturated carbocycles. The van der Waals surface area contributed by atoms with Crippen molar-refractivity contribution in [2.75, 3.05) is 6.26 Å². The molecule has 172 valence electrons. The number of rotatable bonds is 7. The number of carbonyl (C=O) groups is 1. The molecule has 1 amide bonds. The maximum absolute atomic E-state index is 13.5. The van der Waals surface area contributed by atoms with Crippen LogP contribution in [0.5, 0.6) is 5.75 Å². The molecular weight excluding hydrogens is 451 g/mol. The van der Waals surface area contributed by atoms with Crippen LogP contribution in [0.3, 0.4) is 0 Å². The number of nitrogens with zero attached hydrogens (tertiary/aromatic N) is 3. The Kier molecular flexibility index (Phi) is 5.90. The summed E-state index contributed by atoms with van der Waals surface area (Å²) >= 11 is 0. The Morgan fingerprint density at radius 1 is 1.24 bits per heavy atom. The molecule has 33 heavy (non-hydrogen) atoms. The number of furan rings is 1. The van der Waals surface area contributed by atoms with Gasteiger partial charge in [-0.05, 0) is 42.3 Å². The number of sulfonamides is 1. The first-order valence-corrected chi connectivity index (χ1v) is 11.9. The smallest absolute Gasteiger partial charge is 0.283 e. The van der Waals surface area contributed by atoms with Crippen molar-refractivity contribution >= 4 is 27.0 Å². The van der Waals surface area contributed by atoms with Gasteiger partial charge in [-0.2, -0.15) is 5.10 Å². The molecule has 3 aromatic heterocycles. The number of aromatic nitrogens is 3. The van der Waals surface area contributed by atoms with Crippen LogP contribution in [0, 0.1) is 5.82 Å². The predicted octanol–water partition coefficient (Wildman–Crippen LogP) is 3.54. The van der Waals surface area contributed by atoms with Crippen molar-refractivity contribution in [3.63, 3.8) is 0 Å². The molecule has 4 aromatic rings. The number of ether oxygens (including phenoxy) is 1. The molecule has 9 nitrogen and oxygen atoms in total. The van der Waals surface area contributed by atoms with Crippen molar-refractivity contribution < 1.29 is 26.8 Å². The molecule has 0 unspecified atom stereocenters. The summed E-state index contributed by atoms with van der Waals surface area (Å²) in [6.45, 7) is 3.95. The number of carbonyl (C=O) groups excluding carboxylic acids is 1. The highest BCUT2D eigenvalue weighted by molar-refractivity contribution is 7.89. The molecule has 0 bridgehead atoms. The average Bonchev–Trinajstić information content (AvgIpc) is 3.39. The third-order valence-corrected chi connectivity index (χ3v) is 5.26. The second-order valence-corrected chi connectivity index (χ2v) is 9.45. The van der Waals surface area contributed by atoms with E-state index in [4.69, 9.17) is 9.15 Å². The van der Waals surface area contributed by atoms with E-state index >= 15 is 0 Å². The Bertz CT molecular complexity index is 1410. The van der Waals surface area contributed by atoms with E-state index in [1.807, 2.05) is 18.6 Å². The first kappa shape index (κ1) is 22.5. The van der Waals surface area contributed by atoms with Gasteiger partial charge in [-0.1, -0.05) is 13.8 Å². The van der Waals surface area contributed by atoms with Crippen molar-refractivity contribution in [2.24, 2.45) is 0 Å². The second-order valence-electron chi connectivity index (χ2n) is 7.70. The van der Waals surface area contributed by atoms with Crippen LogP contribution in [0.2, 0.25) is 0 Å². The van der Waals surface area contributed by atoms with Crippen molar-refractivity contribution in [3.05, 3.63) is 71.7 Å². The molecule has 4 rings (SSSR count). The highest BCUT2D eigenvalue weighted by atomic mass is 32.2. The van der Waals surface area contributed by atoms with Crippen LogP contribution in [0.15, 0.2) is 53.1 Å². The summed E-state index contributed by atoms with van der Waals surface area (Å²) in [6.07, 6.45) is 2.38. The maximum atomic E-state index is 13.5. The molecule has 0 radical (unpaired) electrons. The molecule has 11 heteroatoms. The second kappa shape index (κ2) is 8.66. The number of amides is 1. The minimum atomic E-state index is -3.82. The normalized spacial score (nSPS) is 11.8. The summed E-state index contributed by atoms with van der Waals surface area (Å²) in [5.41, 5.74) is 1.24. The fourth-order valence-corrected chi connectivity index (χ4v) is 3.71. The Morgan fingerprint density at radius 3 is 2.58 bits per heavy atom. The van der Waals surface area contributed by atoms with Gasteiger partial charge < -0.3 is 9.15 Å². The molecule has 3 heterocycles. The van der Waals surface area contributed by atoms with Gasteiger partial charge >= 0.3 is 0 Å². The monoisotopic (exact) mass is 472 g/mol. The van der Waals surface area contributed by atoms with Gasteiger partial charge in [0, 0.05) is 6.07 Å². The summed E-state index contributed by atoms with van der Waals surface area (Å²) in [5, 5.41) is 5.20. The average molecular weight is 472 g/mol. The predicted molar refractivity (Wildman–Crippen MR) is 118 cm³/mol. The summed E-state index contributed by atoms with van der Waals surface area (Å²) in [6, 6.07) is 10.5. The van der Waals surface area contributed by atoms with E-state index in [1.54, 1.807) is 12.1 Å². The highest BCUT2D eigenvalue weighted by Crippen LogP contribution is 2.34. The standard InChI is InChI=1S/C22H21FN4O5S/c1-13(2)20-19-18(32-12-16-5-4-10-31-16)11-17(22(28)26-33(3,29)30)24-21(19)27(25-20)15-8-6-14(23)7-9-15/h4-11,13H,12H2,1-3H3,(H,26,28). The lowest BCUT2D eigenvalue weighted by Crippen LogP contribution is -2.30. The highest BCUT2D eigenvalue weighted by Gasteiger charge is 2.24. The van der Waals surface area contributed by atoms with Crippen LogP contribution in [0.4, 0.5) is 4.39 Å². The van der Waals surface area contributed by atoms with E-state index in [0.29, 0.717) is 22.5 Å². The lowest BCUT2D eigenvalue weighted by atomic mass is 10.1. The van der Waals surface area contributed by atoms with Gasteiger partial charge in [0.1, 0.15) is 29.6 Å². The number of fused-ring (bicyclic) bond motifs is 1. The molecule has 0 spiro atoms. The number of pyridine rings is 1. The van der Waals surface area contributed by atoms with Gasteiger partial charge in [-0.15, -0.1) is 0 Å². The number of hydrogen-bond donors (Lipinski definition) is 1. The first-order valence-electron chi connectivity index (χ1n) is 9.99. The SMILES string of the molecule is CC(C)c1nn(-c2ccc(F)cc2)c2nc(C(=O)NS(C)(=O)=O)cc(OCc3ccco3)c12. The molecule has 0 atom stereocenters. The number of halogens is 1. The van der Waals surface area contributed by atoms with E-state index < -0.39 is 21.7 Å². The van der Waals surface area contributed by atoms with Gasteiger partial charge in [0.15, 0.2) is 5.65 Å². The number of hydrogen-bond acceptors (Lipinski definition) is 7. The summed E-state index contributed by atoms with van der Waals surface area (Å²) < 4.78 is 51.4. The Balaban J connectivity index is 1.93. The lowest BCUT2D eigenvalue weighted by Gasteiger charge is -2.11. The minimum Gasteiger partial charge on any atom is -0.485 e. The molecule has 0 aliphatic rings. The van der Waals surface area contributed by atoms with Crippen molar-refractivity contribution in [1.29, 1.82) is 0 Å². The summed E-state index contributed by atoms with van der Waals surface area (Å²) in [4.78, 5) is 17.0. The van der Waals surface area contributed by atoms with Crippen molar-refractivity contribution in [2.45, 2.75) is 26.4 Å². The third kappa shape index (κ3) is 4.87. The van der Waals surface area contributed by atoms with E-state index in [-0.39, 0.29) is 29.6 Å². The largest absolute Gasteiger partial charge is 0.485 e. The third-order valence-electron chi connectivity index (χ3n) is 4.71. The van der Waals surface area contributed by atoms with Crippen LogP contribution in [0.25, 0.3) is 16.7 Å². The van der Waals surface area contributed by atoms with E-state index in [9.17, 15) is 17.6 Å². The molecule has 0 fully saturated rings. The quantitative estimate of drug-likeness (QED) is 0.437. The van der Waals surface area contributed by atoms with Gasteiger partial charge in [0.2, 0.25) is 10.0 Å². The number of benzene rings is 1. The molecular formula is C22H21FN4O5S. The lowest BCUT2D eigenvalue weighted by molar-refractivity contribution is 0.0976. The zero-order valence-corrected chi connectivity index (χ0v) is 18.9. The van der Waals surface area contributed by atoms with Crippen LogP contribution >= 0.6 is 0 Å². The Hall–Kier alpha value is -3.73. The Labute approximate surface area is 189 Å². The molecule has 0 saturated heterocycles. The minimum absolute atomic E-state index is 0.0438. The molecule has 0 aliphatic carbocycles. The Morgan fingerprint density at radius 2 is 1.97 bits per heavy atom. The van der Waals surface area contributed by atoms with Gasteiger partial charge in [-0.25, -0.2) is 27.2 Å². The zero-order chi connectivity index (χ0) is 23.8. The van der Waals surface area contributed by atoms with Gasteiger partial charge in [0.25, 0.3) is 5.91 Å². The van der Waals surface area contributed by atoms with Gasteiger partial charge in [-0.3, -0.25) is 4.79 Å². The maximum Gasteiger partial charge on any atom is 0.283 e. The van der Waals surface area contributed by atoms with Crippen molar-refractivity contribution in [1.82, 2.24) is 19.5 Å². The van der Waals surface area contributed by atoms with Crippen LogP contribution < -0.4 is 9.46 Å².